The first-order valence-corrected chi connectivity index (χ1v) is 5.67. The smallest absolute Gasteiger partial charge is 0.0518 e. The van der Waals surface area contributed by atoms with Gasteiger partial charge in [-0.05, 0) is 31.7 Å². The molecule has 4 nitrogen and oxygen atoms in total. The van der Waals surface area contributed by atoms with E-state index < -0.39 is 0 Å². The molecule has 0 radical (unpaired) electrons. The molecular formula is C11H19N3O. The van der Waals surface area contributed by atoms with Crippen molar-refractivity contribution in [3.63, 3.8) is 0 Å². The van der Waals surface area contributed by atoms with Gasteiger partial charge in [0.1, 0.15) is 0 Å². The molecule has 3 atom stereocenters. The minimum absolute atomic E-state index is 0.282. The maximum atomic E-state index is 9.22. The Morgan fingerprint density at radius 3 is 3.20 bits per heavy atom. The van der Waals surface area contributed by atoms with E-state index in [4.69, 9.17) is 0 Å². The molecule has 1 heterocycles. The number of rotatable bonds is 4. The summed E-state index contributed by atoms with van der Waals surface area (Å²) in [5.74, 6) is 0.426. The van der Waals surface area contributed by atoms with Crippen LogP contribution in [-0.2, 0) is 0 Å². The predicted molar refractivity (Wildman–Crippen MR) is 58.4 cm³/mol. The normalized spacial score (nSPS) is 28.1. The van der Waals surface area contributed by atoms with Crippen molar-refractivity contribution in [3.8, 4) is 0 Å². The van der Waals surface area contributed by atoms with Gasteiger partial charge in [0.15, 0.2) is 0 Å². The molecule has 0 aliphatic heterocycles. The Morgan fingerprint density at radius 2 is 2.53 bits per heavy atom. The van der Waals surface area contributed by atoms with Crippen molar-refractivity contribution < 1.29 is 5.11 Å². The van der Waals surface area contributed by atoms with Crippen LogP contribution in [0.2, 0.25) is 0 Å². The van der Waals surface area contributed by atoms with Crippen molar-refractivity contribution in [3.05, 3.63) is 18.0 Å². The average Bonchev–Trinajstić information content (AvgIpc) is 2.87. The highest BCUT2D eigenvalue weighted by Gasteiger charge is 2.27. The number of aromatic nitrogens is 2. The van der Waals surface area contributed by atoms with E-state index in [9.17, 15) is 5.11 Å². The third-order valence-corrected chi connectivity index (χ3v) is 3.35. The summed E-state index contributed by atoms with van der Waals surface area (Å²) in [7, 11) is 0. The first-order valence-electron chi connectivity index (χ1n) is 5.67. The van der Waals surface area contributed by atoms with E-state index in [-0.39, 0.29) is 6.04 Å². The molecule has 1 aliphatic rings. The van der Waals surface area contributed by atoms with Crippen molar-refractivity contribution in [1.29, 1.82) is 0 Å². The Bertz CT molecular complexity index is 286. The molecule has 2 rings (SSSR count). The van der Waals surface area contributed by atoms with Crippen LogP contribution in [-0.4, -0.2) is 28.0 Å². The number of H-pyrrole nitrogens is 1. The summed E-state index contributed by atoms with van der Waals surface area (Å²) in [5, 5.41) is 19.7. The molecule has 0 aromatic carbocycles. The minimum atomic E-state index is 0.282. The topological polar surface area (TPSA) is 60.9 Å². The fourth-order valence-corrected chi connectivity index (χ4v) is 2.39. The molecule has 1 fully saturated rings. The molecule has 4 heteroatoms. The van der Waals surface area contributed by atoms with Crippen molar-refractivity contribution >= 4 is 0 Å². The molecule has 3 N–H and O–H groups in total. The van der Waals surface area contributed by atoms with Gasteiger partial charge in [-0.25, -0.2) is 0 Å². The highest BCUT2D eigenvalue weighted by molar-refractivity contribution is 5.04. The Morgan fingerprint density at radius 1 is 1.67 bits per heavy atom. The van der Waals surface area contributed by atoms with E-state index in [0.29, 0.717) is 18.6 Å². The Balaban J connectivity index is 1.91. The maximum Gasteiger partial charge on any atom is 0.0518 e. The summed E-state index contributed by atoms with van der Waals surface area (Å²) in [5.41, 5.74) is 1.11. The quantitative estimate of drug-likeness (QED) is 0.698. The van der Waals surface area contributed by atoms with E-state index in [1.54, 1.807) is 6.20 Å². The van der Waals surface area contributed by atoms with E-state index >= 15 is 0 Å². The fourth-order valence-electron chi connectivity index (χ4n) is 2.39. The lowest BCUT2D eigenvalue weighted by atomic mass is 10.0. The van der Waals surface area contributed by atoms with Crippen molar-refractivity contribution in [1.82, 2.24) is 15.5 Å². The van der Waals surface area contributed by atoms with Crippen LogP contribution >= 0.6 is 0 Å². The highest BCUT2D eigenvalue weighted by Crippen LogP contribution is 2.27. The number of nitrogens with zero attached hydrogens (tertiary/aromatic N) is 1. The lowest BCUT2D eigenvalue weighted by Gasteiger charge is -2.23. The van der Waals surface area contributed by atoms with Crippen LogP contribution < -0.4 is 5.32 Å². The van der Waals surface area contributed by atoms with Crippen LogP contribution in [0, 0.1) is 5.92 Å². The molecule has 1 aromatic heterocycles. The largest absolute Gasteiger partial charge is 0.396 e. The number of aliphatic hydroxyl groups excluding tert-OH is 1. The molecule has 1 saturated carbocycles. The second-order valence-electron chi connectivity index (χ2n) is 4.38. The molecule has 0 saturated heterocycles. The van der Waals surface area contributed by atoms with E-state index in [1.807, 2.05) is 6.07 Å². The van der Waals surface area contributed by atoms with Gasteiger partial charge in [-0.3, -0.25) is 5.10 Å². The molecule has 84 valence electrons. The third kappa shape index (κ3) is 2.38. The average molecular weight is 209 g/mol. The number of aliphatic hydroxyl groups is 1. The van der Waals surface area contributed by atoms with Gasteiger partial charge >= 0.3 is 0 Å². The van der Waals surface area contributed by atoms with Crippen LogP contribution in [0.25, 0.3) is 0 Å². The van der Waals surface area contributed by atoms with E-state index in [0.717, 1.165) is 12.1 Å². The van der Waals surface area contributed by atoms with Crippen LogP contribution in [0.3, 0.4) is 0 Å². The van der Waals surface area contributed by atoms with Gasteiger partial charge in [-0.15, -0.1) is 0 Å². The molecule has 1 aliphatic carbocycles. The highest BCUT2D eigenvalue weighted by atomic mass is 16.3. The minimum Gasteiger partial charge on any atom is -0.396 e. The second-order valence-corrected chi connectivity index (χ2v) is 4.38. The maximum absolute atomic E-state index is 9.22. The van der Waals surface area contributed by atoms with Gasteiger partial charge in [0.2, 0.25) is 0 Å². The van der Waals surface area contributed by atoms with Crippen molar-refractivity contribution in [2.24, 2.45) is 5.92 Å². The monoisotopic (exact) mass is 209 g/mol. The van der Waals surface area contributed by atoms with Gasteiger partial charge in [0.05, 0.1) is 5.69 Å². The van der Waals surface area contributed by atoms with Crippen molar-refractivity contribution in [2.45, 2.75) is 38.3 Å². The summed E-state index contributed by atoms with van der Waals surface area (Å²) in [4.78, 5) is 0. The molecule has 15 heavy (non-hydrogen) atoms. The van der Waals surface area contributed by atoms with Crippen LogP contribution in [0.15, 0.2) is 12.3 Å². The number of nitrogens with one attached hydrogen (secondary N) is 2. The zero-order valence-electron chi connectivity index (χ0n) is 9.11. The lowest BCUT2D eigenvalue weighted by Crippen LogP contribution is -2.36. The molecule has 0 spiro atoms. The predicted octanol–water partition coefficient (Wildman–Crippen LogP) is 1.22. The summed E-state index contributed by atoms with van der Waals surface area (Å²) in [6.45, 7) is 2.42. The van der Waals surface area contributed by atoms with Crippen LogP contribution in [0.1, 0.15) is 37.9 Å². The number of hydrogen-bond acceptors (Lipinski definition) is 3. The van der Waals surface area contributed by atoms with Gasteiger partial charge in [0.25, 0.3) is 0 Å². The van der Waals surface area contributed by atoms with Gasteiger partial charge < -0.3 is 10.4 Å². The second kappa shape index (κ2) is 4.77. The zero-order chi connectivity index (χ0) is 10.7. The lowest BCUT2D eigenvalue weighted by molar-refractivity contribution is 0.200. The van der Waals surface area contributed by atoms with E-state index in [1.165, 1.54) is 12.8 Å². The zero-order valence-corrected chi connectivity index (χ0v) is 9.11. The fraction of sp³-hybridized carbons (Fsp3) is 0.727. The first kappa shape index (κ1) is 10.6. The molecule has 1 aromatic rings. The van der Waals surface area contributed by atoms with E-state index in [2.05, 4.69) is 22.4 Å². The summed E-state index contributed by atoms with van der Waals surface area (Å²) >= 11 is 0. The Labute approximate surface area is 90.1 Å². The molecule has 0 amide bonds. The van der Waals surface area contributed by atoms with Gasteiger partial charge in [0, 0.05) is 24.9 Å². The Hall–Kier alpha value is -0.870. The molecule has 0 bridgehead atoms. The first-order chi connectivity index (χ1) is 7.31. The van der Waals surface area contributed by atoms with Crippen LogP contribution in [0.5, 0.6) is 0 Å². The SMILES string of the molecule is CC(NC1CCCC1CO)c1ccn[nH]1. The molecule has 3 unspecified atom stereocenters. The third-order valence-electron chi connectivity index (χ3n) is 3.35. The van der Waals surface area contributed by atoms with Gasteiger partial charge in [-0.1, -0.05) is 6.42 Å². The van der Waals surface area contributed by atoms with Crippen molar-refractivity contribution in [2.75, 3.05) is 6.61 Å². The molecular weight excluding hydrogens is 190 g/mol. The van der Waals surface area contributed by atoms with Crippen LogP contribution in [0.4, 0.5) is 0 Å². The summed E-state index contributed by atoms with van der Waals surface area (Å²) < 4.78 is 0. The number of hydrogen-bond donors (Lipinski definition) is 3. The Kier molecular flexibility index (Phi) is 3.38. The van der Waals surface area contributed by atoms with Gasteiger partial charge in [-0.2, -0.15) is 5.10 Å². The summed E-state index contributed by atoms with van der Waals surface area (Å²) in [6, 6.07) is 2.72. The number of aromatic amines is 1. The standard InChI is InChI=1S/C11H19N3O/c1-8(10-5-6-12-14-10)13-11-4-2-3-9(11)7-15/h5-6,8-9,11,13,15H,2-4,7H2,1H3,(H,12,14). The summed E-state index contributed by atoms with van der Waals surface area (Å²) in [6.07, 6.45) is 5.30.